The molecule has 0 amide bonds. The minimum atomic E-state index is -1.34. The van der Waals surface area contributed by atoms with Gasteiger partial charge in [-0.1, -0.05) is 49.7 Å². The highest BCUT2D eigenvalue weighted by atomic mass is 28.3. The van der Waals surface area contributed by atoms with Gasteiger partial charge in [0.2, 0.25) is 0 Å². The fraction of sp³-hybridized carbons (Fsp3) is 0.294. The van der Waals surface area contributed by atoms with Gasteiger partial charge in [0.15, 0.2) is 5.76 Å². The van der Waals surface area contributed by atoms with E-state index >= 15 is 0 Å². The Morgan fingerprint density at radius 2 is 1.89 bits per heavy atom. The summed E-state index contributed by atoms with van der Waals surface area (Å²) in [7, 11) is -1.34. The fourth-order valence-electron chi connectivity index (χ4n) is 1.24. The molecule has 0 heterocycles. The molecule has 2 heteroatoms. The van der Waals surface area contributed by atoms with Gasteiger partial charge in [-0.05, 0) is 25.0 Å². The Balaban J connectivity index is 2.87. The van der Waals surface area contributed by atoms with Crippen LogP contribution in [0.4, 0.5) is 0 Å². The van der Waals surface area contributed by atoms with Crippen LogP contribution >= 0.6 is 0 Å². The van der Waals surface area contributed by atoms with Gasteiger partial charge in [-0.2, -0.15) is 0 Å². The Kier molecular flexibility index (Phi) is 5.99. The van der Waals surface area contributed by atoms with E-state index in [1.807, 2.05) is 37.3 Å². The number of ether oxygens (including phenoxy) is 1. The molecule has 0 aliphatic carbocycles. The van der Waals surface area contributed by atoms with Gasteiger partial charge >= 0.3 is 0 Å². The monoisotopic (exact) mass is 268 g/mol. The van der Waals surface area contributed by atoms with Crippen LogP contribution in [0.25, 0.3) is 0 Å². The first-order valence-electron chi connectivity index (χ1n) is 6.44. The van der Waals surface area contributed by atoms with Crippen molar-refractivity contribution in [1.82, 2.24) is 0 Å². The van der Waals surface area contributed by atoms with Crippen LogP contribution in [0.5, 0.6) is 0 Å². The van der Waals surface area contributed by atoms with Gasteiger partial charge < -0.3 is 4.74 Å². The lowest BCUT2D eigenvalue weighted by Gasteiger charge is -2.02. The lowest BCUT2D eigenvalue weighted by Crippen LogP contribution is -2.16. The molecule has 0 fully saturated rings. The van der Waals surface area contributed by atoms with E-state index < -0.39 is 8.07 Å². The number of rotatable bonds is 2. The minimum absolute atomic E-state index is 0.601. The Morgan fingerprint density at radius 1 is 1.21 bits per heavy atom. The van der Waals surface area contributed by atoms with E-state index in [0.717, 1.165) is 5.56 Å². The third-order valence-electron chi connectivity index (χ3n) is 2.05. The Morgan fingerprint density at radius 3 is 2.47 bits per heavy atom. The Hall–Kier alpha value is -1.90. The largest absolute Gasteiger partial charge is 0.485 e. The predicted molar refractivity (Wildman–Crippen MR) is 84.2 cm³/mol. The van der Waals surface area contributed by atoms with E-state index in [1.165, 1.54) is 0 Å². The first kappa shape index (κ1) is 15.2. The summed E-state index contributed by atoms with van der Waals surface area (Å²) in [5.74, 6) is 9.81. The van der Waals surface area contributed by atoms with E-state index in [9.17, 15) is 0 Å². The highest BCUT2D eigenvalue weighted by Gasteiger charge is 2.06. The maximum Gasteiger partial charge on any atom is 0.178 e. The molecule has 0 saturated heterocycles. The van der Waals surface area contributed by atoms with E-state index in [1.54, 1.807) is 6.08 Å². The molecule has 19 heavy (non-hydrogen) atoms. The minimum Gasteiger partial charge on any atom is -0.485 e. The van der Waals surface area contributed by atoms with Crippen LogP contribution in [0, 0.1) is 23.3 Å². The van der Waals surface area contributed by atoms with Gasteiger partial charge in [0.1, 0.15) is 8.07 Å². The first-order chi connectivity index (χ1) is 9.01. The van der Waals surface area contributed by atoms with Gasteiger partial charge in [0, 0.05) is 11.6 Å². The molecule has 0 N–H and O–H groups in total. The summed E-state index contributed by atoms with van der Waals surface area (Å²) in [5.41, 5.74) is 4.25. The molecule has 0 saturated carbocycles. The topological polar surface area (TPSA) is 9.23 Å². The van der Waals surface area contributed by atoms with E-state index in [0.29, 0.717) is 12.4 Å². The van der Waals surface area contributed by atoms with Crippen molar-refractivity contribution in [3.63, 3.8) is 0 Å². The number of benzene rings is 1. The highest BCUT2D eigenvalue weighted by Crippen LogP contribution is 2.00. The van der Waals surface area contributed by atoms with Gasteiger partial charge in [-0.15, -0.1) is 5.54 Å². The second-order valence-electron chi connectivity index (χ2n) is 5.08. The third kappa shape index (κ3) is 7.19. The molecule has 1 nitrogen and oxygen atoms in total. The molecular weight excluding hydrogens is 248 g/mol. The zero-order valence-corrected chi connectivity index (χ0v) is 13.1. The van der Waals surface area contributed by atoms with Crippen LogP contribution in [-0.2, 0) is 4.74 Å². The number of allylic oxidation sites excluding steroid dienone is 2. The lowest BCUT2D eigenvalue weighted by atomic mass is 10.2. The summed E-state index contributed by atoms with van der Waals surface area (Å²) >= 11 is 0. The summed E-state index contributed by atoms with van der Waals surface area (Å²) < 4.78 is 5.48. The SMILES string of the molecule is CCO/C(C#Cc1ccccc1)=C\C#C[Si](C)(C)C. The molecule has 0 spiro atoms. The van der Waals surface area contributed by atoms with E-state index in [2.05, 4.69) is 42.9 Å². The normalized spacial score (nSPS) is 10.8. The van der Waals surface area contributed by atoms with Crippen molar-refractivity contribution in [3.05, 3.63) is 47.7 Å². The van der Waals surface area contributed by atoms with Gasteiger partial charge in [-0.25, -0.2) is 0 Å². The van der Waals surface area contributed by atoms with Crippen LogP contribution in [-0.4, -0.2) is 14.7 Å². The van der Waals surface area contributed by atoms with Crippen LogP contribution in [0.3, 0.4) is 0 Å². The second kappa shape index (κ2) is 7.51. The average Bonchev–Trinajstić information content (AvgIpc) is 2.36. The molecule has 1 aromatic carbocycles. The molecule has 0 atom stereocenters. The molecule has 1 rings (SSSR count). The molecular formula is C17H20OSi. The average molecular weight is 268 g/mol. The Bertz CT molecular complexity index is 542. The van der Waals surface area contributed by atoms with Crippen LogP contribution in [0.1, 0.15) is 12.5 Å². The summed E-state index contributed by atoms with van der Waals surface area (Å²) in [4.78, 5) is 0. The smallest absolute Gasteiger partial charge is 0.178 e. The highest BCUT2D eigenvalue weighted by molar-refractivity contribution is 6.83. The quantitative estimate of drug-likeness (QED) is 0.450. The standard InChI is InChI=1S/C17H20OSi/c1-5-18-17(12-9-15-19(2,3)4)14-13-16-10-7-6-8-11-16/h6-8,10-12H,5H2,1-4H3/b17-12-. The van der Waals surface area contributed by atoms with Gasteiger partial charge in [0.05, 0.1) is 6.61 Å². The maximum absolute atomic E-state index is 5.48. The van der Waals surface area contributed by atoms with Crippen LogP contribution in [0.15, 0.2) is 42.2 Å². The van der Waals surface area contributed by atoms with Crippen molar-refractivity contribution >= 4 is 8.07 Å². The molecule has 0 aliphatic rings. The molecule has 1 aromatic rings. The number of hydrogen-bond donors (Lipinski definition) is 0. The molecule has 0 aromatic heterocycles. The van der Waals surface area contributed by atoms with E-state index in [-0.39, 0.29) is 0 Å². The summed E-state index contributed by atoms with van der Waals surface area (Å²) in [6.07, 6.45) is 1.78. The number of hydrogen-bond acceptors (Lipinski definition) is 1. The summed E-state index contributed by atoms with van der Waals surface area (Å²) in [5, 5.41) is 0. The van der Waals surface area contributed by atoms with Crippen molar-refractivity contribution in [2.24, 2.45) is 0 Å². The van der Waals surface area contributed by atoms with Crippen molar-refractivity contribution in [1.29, 1.82) is 0 Å². The van der Waals surface area contributed by atoms with Crippen molar-refractivity contribution in [3.8, 4) is 23.3 Å². The second-order valence-corrected chi connectivity index (χ2v) is 9.83. The first-order valence-corrected chi connectivity index (χ1v) is 9.94. The predicted octanol–water partition coefficient (Wildman–Crippen LogP) is 3.84. The van der Waals surface area contributed by atoms with Crippen molar-refractivity contribution in [2.75, 3.05) is 6.61 Å². The molecule has 0 bridgehead atoms. The van der Waals surface area contributed by atoms with Gasteiger partial charge in [0.25, 0.3) is 0 Å². The maximum atomic E-state index is 5.48. The zero-order valence-electron chi connectivity index (χ0n) is 12.1. The van der Waals surface area contributed by atoms with Crippen LogP contribution in [0.2, 0.25) is 19.6 Å². The summed E-state index contributed by atoms with van der Waals surface area (Å²) in [6.45, 7) is 9.19. The molecule has 0 aliphatic heterocycles. The third-order valence-corrected chi connectivity index (χ3v) is 2.95. The lowest BCUT2D eigenvalue weighted by molar-refractivity contribution is 0.246. The van der Waals surface area contributed by atoms with Gasteiger partial charge in [-0.3, -0.25) is 0 Å². The van der Waals surface area contributed by atoms with Crippen molar-refractivity contribution in [2.45, 2.75) is 26.6 Å². The zero-order chi connectivity index (χ0) is 14.1. The summed E-state index contributed by atoms with van der Waals surface area (Å²) in [6, 6.07) is 9.87. The molecule has 0 unspecified atom stereocenters. The molecule has 0 radical (unpaired) electrons. The fourth-order valence-corrected chi connectivity index (χ4v) is 1.75. The van der Waals surface area contributed by atoms with Crippen molar-refractivity contribution < 1.29 is 4.74 Å². The van der Waals surface area contributed by atoms with Crippen LogP contribution < -0.4 is 0 Å². The van der Waals surface area contributed by atoms with E-state index in [4.69, 9.17) is 4.74 Å². The molecule has 98 valence electrons. The Labute approximate surface area is 117 Å².